The summed E-state index contributed by atoms with van der Waals surface area (Å²) < 4.78 is 7.41. The number of amides is 1. The van der Waals surface area contributed by atoms with Gasteiger partial charge in [-0.25, -0.2) is 4.79 Å². The molecule has 1 unspecified atom stereocenters. The predicted octanol–water partition coefficient (Wildman–Crippen LogP) is 5.41. The molecule has 0 saturated carbocycles. The van der Waals surface area contributed by atoms with E-state index < -0.39 is 21.9 Å². The summed E-state index contributed by atoms with van der Waals surface area (Å²) in [5, 5.41) is 39.5. The number of carbonyl (C=O) groups is 2. The molecule has 0 fully saturated rings. The maximum absolute atomic E-state index is 11.2. The summed E-state index contributed by atoms with van der Waals surface area (Å²) in [5.74, 6) is -1.23. The van der Waals surface area contributed by atoms with Gasteiger partial charge in [-0.1, -0.05) is 6.07 Å². The molecule has 0 aliphatic rings. The summed E-state index contributed by atoms with van der Waals surface area (Å²) in [4.78, 5) is 42.5. The Morgan fingerprint density at radius 2 is 1.38 bits per heavy atom. The molecule has 14 heteroatoms. The van der Waals surface area contributed by atoms with Crippen molar-refractivity contribution in [3.8, 4) is 5.75 Å². The van der Waals surface area contributed by atoms with Crippen molar-refractivity contribution in [3.05, 3.63) is 107 Å². The van der Waals surface area contributed by atoms with E-state index in [1.54, 1.807) is 59.3 Å². The molecule has 0 spiro atoms. The summed E-state index contributed by atoms with van der Waals surface area (Å²) in [5.41, 5.74) is 2.50. The maximum atomic E-state index is 11.2. The molecular weight excluding hydrogens is 740 g/mol. The average molecular weight is 763 g/mol. The maximum Gasteiger partial charge on any atom is 0.327 e. The fraction of sp³-hybridized carbons (Fsp3) is 0.200. The zero-order valence-corrected chi connectivity index (χ0v) is 24.7. The molecule has 3 aromatic rings. The van der Waals surface area contributed by atoms with Crippen LogP contribution in [0.4, 0.5) is 11.4 Å². The second-order valence-electron chi connectivity index (χ2n) is 8.00. The number of rotatable bonds is 10. The third-order valence-corrected chi connectivity index (χ3v) is 7.50. The molecule has 39 heavy (non-hydrogen) atoms. The highest BCUT2D eigenvalue weighted by atomic mass is 127. The minimum atomic E-state index is -1.05. The third kappa shape index (κ3) is 10.4. The predicted molar refractivity (Wildman–Crippen MR) is 157 cm³/mol. The van der Waals surface area contributed by atoms with E-state index in [1.807, 2.05) is 22.6 Å². The number of hydrogen-bond donors (Lipinski definition) is 2. The SMILES string of the molecule is CC(=O)N(I)C(Cc1ccc(O)cc1I)C(=O)O.O=[N+]([O-])c1ccc(COCc2ccc([N+](=O)[O-])cc2)cc1. The fourth-order valence-electron chi connectivity index (χ4n) is 3.11. The van der Waals surface area contributed by atoms with Crippen LogP contribution in [-0.2, 0) is 34.0 Å². The van der Waals surface area contributed by atoms with E-state index in [4.69, 9.17) is 9.84 Å². The van der Waals surface area contributed by atoms with Crippen molar-refractivity contribution in [2.45, 2.75) is 32.6 Å². The van der Waals surface area contributed by atoms with Crippen LogP contribution in [-0.4, -0.2) is 41.1 Å². The van der Waals surface area contributed by atoms with E-state index in [0.29, 0.717) is 13.2 Å². The fourth-order valence-corrected chi connectivity index (χ4v) is 4.26. The minimum absolute atomic E-state index is 0.0362. The first-order valence-electron chi connectivity index (χ1n) is 11.1. The number of aliphatic carboxylic acids is 1. The molecular formula is C25H23I2N3O9. The van der Waals surface area contributed by atoms with Crippen LogP contribution in [0.15, 0.2) is 66.7 Å². The Morgan fingerprint density at radius 1 is 0.923 bits per heavy atom. The summed E-state index contributed by atoms with van der Waals surface area (Å²) >= 11 is 3.73. The van der Waals surface area contributed by atoms with Gasteiger partial charge in [0.1, 0.15) is 11.8 Å². The van der Waals surface area contributed by atoms with Crippen LogP contribution in [0.25, 0.3) is 0 Å². The van der Waals surface area contributed by atoms with Crippen LogP contribution < -0.4 is 0 Å². The van der Waals surface area contributed by atoms with Gasteiger partial charge in [-0.05, 0) is 75.7 Å². The molecule has 1 amide bonds. The smallest absolute Gasteiger partial charge is 0.327 e. The lowest BCUT2D eigenvalue weighted by Gasteiger charge is -2.21. The Hall–Kier alpha value is -3.38. The van der Waals surface area contributed by atoms with Crippen molar-refractivity contribution in [2.24, 2.45) is 0 Å². The monoisotopic (exact) mass is 763 g/mol. The number of nitro benzene ring substituents is 2. The Kier molecular flexibility index (Phi) is 12.5. The van der Waals surface area contributed by atoms with Crippen molar-refractivity contribution < 1.29 is 34.4 Å². The minimum Gasteiger partial charge on any atom is -0.508 e. The number of aromatic hydroxyl groups is 1. The summed E-state index contributed by atoms with van der Waals surface area (Å²) in [6.45, 7) is 1.95. The Bertz CT molecular complexity index is 1260. The van der Waals surface area contributed by atoms with E-state index in [0.717, 1.165) is 20.3 Å². The van der Waals surface area contributed by atoms with Gasteiger partial charge in [-0.3, -0.25) is 28.1 Å². The van der Waals surface area contributed by atoms with Gasteiger partial charge < -0.3 is 14.9 Å². The molecule has 0 bridgehead atoms. The summed E-state index contributed by atoms with van der Waals surface area (Å²) in [6, 6.07) is 16.0. The Balaban J connectivity index is 0.000000277. The zero-order valence-electron chi connectivity index (χ0n) is 20.4. The lowest BCUT2D eigenvalue weighted by Crippen LogP contribution is -2.39. The second-order valence-corrected chi connectivity index (χ2v) is 10.2. The molecule has 0 radical (unpaired) electrons. The molecule has 2 N–H and O–H groups in total. The number of ether oxygens (including phenoxy) is 1. The van der Waals surface area contributed by atoms with Crippen LogP contribution in [0, 0.1) is 23.8 Å². The quantitative estimate of drug-likeness (QED) is 0.119. The molecule has 0 heterocycles. The van der Waals surface area contributed by atoms with Crippen LogP contribution in [0.2, 0.25) is 0 Å². The number of carboxylic acids is 1. The number of halogens is 2. The summed E-state index contributed by atoms with van der Waals surface area (Å²) in [7, 11) is 0. The molecule has 0 saturated heterocycles. The van der Waals surface area contributed by atoms with Gasteiger partial charge in [0.15, 0.2) is 0 Å². The van der Waals surface area contributed by atoms with Gasteiger partial charge in [0, 0.05) is 41.2 Å². The van der Waals surface area contributed by atoms with Crippen molar-refractivity contribution in [3.63, 3.8) is 0 Å². The van der Waals surface area contributed by atoms with E-state index >= 15 is 0 Å². The van der Waals surface area contributed by atoms with Crippen molar-refractivity contribution in [1.82, 2.24) is 3.11 Å². The summed E-state index contributed by atoms with van der Waals surface area (Å²) in [6.07, 6.45) is 0.205. The van der Waals surface area contributed by atoms with E-state index in [9.17, 15) is 34.9 Å². The average Bonchev–Trinajstić information content (AvgIpc) is 2.88. The van der Waals surface area contributed by atoms with Gasteiger partial charge in [-0.2, -0.15) is 0 Å². The normalized spacial score (nSPS) is 11.1. The number of carboxylic acid groups (broad SMARTS) is 1. The first-order valence-corrected chi connectivity index (χ1v) is 13.1. The lowest BCUT2D eigenvalue weighted by atomic mass is 10.1. The Labute approximate surface area is 250 Å². The van der Waals surface area contributed by atoms with Crippen LogP contribution in [0.1, 0.15) is 23.6 Å². The largest absolute Gasteiger partial charge is 0.508 e. The van der Waals surface area contributed by atoms with Crippen LogP contribution in [0.3, 0.4) is 0 Å². The number of nitro groups is 2. The van der Waals surface area contributed by atoms with Crippen molar-refractivity contribution in [1.29, 1.82) is 0 Å². The number of benzene rings is 3. The number of phenolic OH excluding ortho intramolecular Hbond substituents is 1. The highest BCUT2D eigenvalue weighted by Gasteiger charge is 2.27. The molecule has 0 aromatic heterocycles. The van der Waals surface area contributed by atoms with E-state index in [-0.39, 0.29) is 29.5 Å². The molecule has 1 atom stereocenters. The molecule has 0 aliphatic heterocycles. The first-order chi connectivity index (χ1) is 18.4. The van der Waals surface area contributed by atoms with Crippen LogP contribution in [0.5, 0.6) is 5.75 Å². The lowest BCUT2D eigenvalue weighted by molar-refractivity contribution is -0.385. The third-order valence-electron chi connectivity index (χ3n) is 5.14. The number of phenols is 1. The topological polar surface area (TPSA) is 173 Å². The first kappa shape index (κ1) is 31.8. The highest BCUT2D eigenvalue weighted by molar-refractivity contribution is 14.1. The Morgan fingerprint density at radius 3 is 1.74 bits per heavy atom. The highest BCUT2D eigenvalue weighted by Crippen LogP contribution is 2.22. The standard InChI is InChI=1S/C14H12N2O5.C11H11I2NO4/c17-15(18)13-5-1-11(2-6-13)9-21-10-12-3-7-14(8-4-12)16(19)20;1-6(15)14(13)10(11(17)18)4-7-2-3-8(16)5-9(7)12/h1-8H,9-10H2;2-3,5,10,16H,4H2,1H3,(H,17,18). The van der Waals surface area contributed by atoms with E-state index in [2.05, 4.69) is 0 Å². The molecule has 3 aromatic carbocycles. The van der Waals surface area contributed by atoms with Gasteiger partial charge in [0.25, 0.3) is 11.4 Å². The number of hydrogen-bond acceptors (Lipinski definition) is 8. The van der Waals surface area contributed by atoms with Crippen molar-refractivity contribution >= 4 is 68.7 Å². The molecule has 206 valence electrons. The molecule has 12 nitrogen and oxygen atoms in total. The molecule has 3 rings (SSSR count). The second kappa shape index (κ2) is 15.3. The van der Waals surface area contributed by atoms with Gasteiger partial charge >= 0.3 is 5.97 Å². The van der Waals surface area contributed by atoms with Crippen molar-refractivity contribution in [2.75, 3.05) is 0 Å². The zero-order chi connectivity index (χ0) is 29.1. The molecule has 0 aliphatic carbocycles. The van der Waals surface area contributed by atoms with Gasteiger partial charge in [0.05, 0.1) is 45.9 Å². The van der Waals surface area contributed by atoms with E-state index in [1.165, 1.54) is 40.4 Å². The number of nitrogens with zero attached hydrogens (tertiary/aromatic N) is 3. The van der Waals surface area contributed by atoms with Gasteiger partial charge in [-0.15, -0.1) is 0 Å². The van der Waals surface area contributed by atoms with Crippen LogP contribution >= 0.6 is 45.5 Å². The number of carbonyl (C=O) groups excluding carboxylic acids is 1. The number of non-ortho nitro benzene ring substituents is 2. The van der Waals surface area contributed by atoms with Gasteiger partial charge in [0.2, 0.25) is 5.91 Å².